The van der Waals surface area contributed by atoms with Crippen LogP contribution in [0.2, 0.25) is 0 Å². The van der Waals surface area contributed by atoms with Crippen LogP contribution >= 0.6 is 12.4 Å². The number of hydrogen-bond acceptors (Lipinski definition) is 3. The Bertz CT molecular complexity index is 345. The van der Waals surface area contributed by atoms with Gasteiger partial charge in [0.1, 0.15) is 0 Å². The van der Waals surface area contributed by atoms with Gasteiger partial charge in [0.05, 0.1) is 11.1 Å². The lowest BCUT2D eigenvalue weighted by molar-refractivity contribution is 0.0696. The van der Waals surface area contributed by atoms with Crippen molar-refractivity contribution in [1.29, 1.82) is 0 Å². The molecule has 0 bridgehead atoms. The van der Waals surface area contributed by atoms with E-state index in [1.165, 1.54) is 12.1 Å². The lowest BCUT2D eigenvalue weighted by Gasteiger charge is -1.99. The van der Waals surface area contributed by atoms with Gasteiger partial charge in [-0.3, -0.25) is 0 Å². The third-order valence-corrected chi connectivity index (χ3v) is 1.45. The Morgan fingerprint density at radius 1 is 1.00 bits per heavy atom. The molecule has 14 heavy (non-hydrogen) atoms. The molecule has 1 rings (SSSR count). The number of benzene rings is 1. The van der Waals surface area contributed by atoms with Gasteiger partial charge in [-0.1, -0.05) is 0 Å². The molecule has 0 amide bonds. The van der Waals surface area contributed by atoms with Crippen molar-refractivity contribution in [3.8, 4) is 0 Å². The third-order valence-electron chi connectivity index (χ3n) is 1.45. The van der Waals surface area contributed by atoms with Gasteiger partial charge in [0.2, 0.25) is 0 Å². The molecular formula is C8H8ClNO4. The predicted octanol–water partition coefficient (Wildman–Crippen LogP) is 1.09. The summed E-state index contributed by atoms with van der Waals surface area (Å²) in [7, 11) is 0. The topological polar surface area (TPSA) is 101 Å². The number of aromatic carboxylic acids is 2. The molecule has 0 aliphatic heterocycles. The van der Waals surface area contributed by atoms with E-state index in [1.54, 1.807) is 0 Å². The molecule has 0 saturated carbocycles. The molecule has 0 aliphatic rings. The minimum atomic E-state index is -1.20. The fourth-order valence-electron chi connectivity index (χ4n) is 0.899. The van der Waals surface area contributed by atoms with Crippen molar-refractivity contribution in [1.82, 2.24) is 0 Å². The molecule has 76 valence electrons. The van der Waals surface area contributed by atoms with Gasteiger partial charge in [-0.2, -0.15) is 0 Å². The fourth-order valence-corrected chi connectivity index (χ4v) is 0.899. The Hall–Kier alpha value is -1.75. The Kier molecular flexibility index (Phi) is 3.92. The van der Waals surface area contributed by atoms with Gasteiger partial charge >= 0.3 is 11.9 Å². The predicted molar refractivity (Wildman–Crippen MR) is 52.0 cm³/mol. The highest BCUT2D eigenvalue weighted by Crippen LogP contribution is 2.11. The van der Waals surface area contributed by atoms with Crippen LogP contribution in [-0.2, 0) is 0 Å². The molecule has 0 unspecified atom stereocenters. The van der Waals surface area contributed by atoms with Crippen LogP contribution in [-0.4, -0.2) is 22.2 Å². The average molecular weight is 218 g/mol. The van der Waals surface area contributed by atoms with E-state index < -0.39 is 11.9 Å². The number of halogens is 1. The summed E-state index contributed by atoms with van der Waals surface area (Å²) in [5.41, 5.74) is 5.18. The van der Waals surface area contributed by atoms with E-state index in [1.807, 2.05) is 0 Å². The van der Waals surface area contributed by atoms with E-state index in [0.29, 0.717) is 0 Å². The molecule has 1 aromatic rings. The largest absolute Gasteiger partial charge is 0.478 e. The first-order valence-corrected chi connectivity index (χ1v) is 3.38. The zero-order valence-corrected chi connectivity index (χ0v) is 7.75. The highest BCUT2D eigenvalue weighted by atomic mass is 35.5. The van der Waals surface area contributed by atoms with Crippen LogP contribution in [0.5, 0.6) is 0 Å². The van der Waals surface area contributed by atoms with Crippen molar-refractivity contribution in [2.24, 2.45) is 0 Å². The minimum absolute atomic E-state index is 0. The van der Waals surface area contributed by atoms with Crippen molar-refractivity contribution in [3.05, 3.63) is 29.3 Å². The number of carboxylic acids is 2. The van der Waals surface area contributed by atoms with Crippen LogP contribution in [0.25, 0.3) is 0 Å². The van der Waals surface area contributed by atoms with Crippen molar-refractivity contribution in [2.45, 2.75) is 0 Å². The molecule has 0 fully saturated rings. The quantitative estimate of drug-likeness (QED) is 0.644. The normalized spacial score (nSPS) is 8.86. The van der Waals surface area contributed by atoms with Crippen LogP contribution in [0.15, 0.2) is 18.2 Å². The summed E-state index contributed by atoms with van der Waals surface area (Å²) < 4.78 is 0. The number of nitrogen functional groups attached to an aromatic ring is 1. The standard InChI is InChI=1S/C8H7NO4.ClH/c9-6-2-4(7(10)11)1-5(3-6)8(12)13;/h1-3H,9H2,(H,10,11)(H,12,13);1H. The highest BCUT2D eigenvalue weighted by Gasteiger charge is 2.09. The van der Waals surface area contributed by atoms with E-state index in [-0.39, 0.29) is 29.2 Å². The van der Waals surface area contributed by atoms with Crippen LogP contribution in [0.1, 0.15) is 20.7 Å². The lowest BCUT2D eigenvalue weighted by atomic mass is 10.1. The van der Waals surface area contributed by atoms with E-state index in [0.717, 1.165) is 6.07 Å². The molecule has 0 heterocycles. The molecule has 6 heteroatoms. The Balaban J connectivity index is 0.00000169. The molecule has 4 N–H and O–H groups in total. The van der Waals surface area contributed by atoms with Crippen molar-refractivity contribution in [2.75, 3.05) is 5.73 Å². The Morgan fingerprint density at radius 2 is 1.36 bits per heavy atom. The molecule has 5 nitrogen and oxygen atoms in total. The van der Waals surface area contributed by atoms with E-state index in [4.69, 9.17) is 15.9 Å². The van der Waals surface area contributed by atoms with Crippen molar-refractivity contribution < 1.29 is 19.8 Å². The summed E-state index contributed by atoms with van der Waals surface area (Å²) in [6.45, 7) is 0. The molecule has 0 aliphatic carbocycles. The molecule has 0 radical (unpaired) electrons. The van der Waals surface area contributed by atoms with Crippen LogP contribution < -0.4 is 5.73 Å². The Morgan fingerprint density at radius 3 is 1.64 bits per heavy atom. The maximum Gasteiger partial charge on any atom is 0.335 e. The maximum absolute atomic E-state index is 10.5. The minimum Gasteiger partial charge on any atom is -0.478 e. The van der Waals surface area contributed by atoms with Crippen LogP contribution in [0.3, 0.4) is 0 Å². The van der Waals surface area contributed by atoms with Gasteiger partial charge in [-0.25, -0.2) is 9.59 Å². The monoisotopic (exact) mass is 217 g/mol. The third kappa shape index (κ3) is 2.63. The highest BCUT2D eigenvalue weighted by molar-refractivity contribution is 5.95. The summed E-state index contributed by atoms with van der Waals surface area (Å²) >= 11 is 0. The molecule has 0 aromatic heterocycles. The first kappa shape index (κ1) is 12.2. The molecule has 0 atom stereocenters. The summed E-state index contributed by atoms with van der Waals surface area (Å²) in [6.07, 6.45) is 0. The number of nitrogens with two attached hydrogens (primary N) is 1. The second-order valence-electron chi connectivity index (χ2n) is 2.45. The zero-order chi connectivity index (χ0) is 10.0. The maximum atomic E-state index is 10.5. The first-order chi connectivity index (χ1) is 6.00. The summed E-state index contributed by atoms with van der Waals surface area (Å²) in [4.78, 5) is 21.0. The first-order valence-electron chi connectivity index (χ1n) is 3.38. The number of rotatable bonds is 2. The van der Waals surface area contributed by atoms with E-state index in [9.17, 15) is 9.59 Å². The Labute approximate surface area is 85.6 Å². The number of carbonyl (C=O) groups is 2. The second-order valence-corrected chi connectivity index (χ2v) is 2.45. The SMILES string of the molecule is Cl.Nc1cc(C(=O)O)cc(C(=O)O)c1. The number of anilines is 1. The molecule has 0 saturated heterocycles. The van der Waals surface area contributed by atoms with Gasteiger partial charge < -0.3 is 15.9 Å². The van der Waals surface area contributed by atoms with Gasteiger partial charge in [0.15, 0.2) is 0 Å². The summed E-state index contributed by atoms with van der Waals surface area (Å²) in [5, 5.41) is 17.1. The molecule has 0 spiro atoms. The van der Waals surface area contributed by atoms with Gasteiger partial charge in [0, 0.05) is 5.69 Å². The molecule has 1 aromatic carbocycles. The second kappa shape index (κ2) is 4.48. The van der Waals surface area contributed by atoms with Gasteiger partial charge in [-0.15, -0.1) is 12.4 Å². The zero-order valence-electron chi connectivity index (χ0n) is 6.93. The number of carboxylic acid groups (broad SMARTS) is 2. The summed E-state index contributed by atoms with van der Waals surface area (Å²) in [6, 6.07) is 3.46. The van der Waals surface area contributed by atoms with Crippen molar-refractivity contribution in [3.63, 3.8) is 0 Å². The lowest BCUT2D eigenvalue weighted by Crippen LogP contribution is -2.03. The number of hydrogen-bond donors (Lipinski definition) is 3. The van der Waals surface area contributed by atoms with E-state index in [2.05, 4.69) is 0 Å². The summed E-state index contributed by atoms with van der Waals surface area (Å²) in [5.74, 6) is -2.40. The average Bonchev–Trinajstić information content (AvgIpc) is 2.03. The van der Waals surface area contributed by atoms with Gasteiger partial charge in [-0.05, 0) is 18.2 Å². The molecular weight excluding hydrogens is 210 g/mol. The van der Waals surface area contributed by atoms with Crippen LogP contribution in [0.4, 0.5) is 5.69 Å². The van der Waals surface area contributed by atoms with Gasteiger partial charge in [0.25, 0.3) is 0 Å². The smallest absolute Gasteiger partial charge is 0.335 e. The van der Waals surface area contributed by atoms with E-state index >= 15 is 0 Å². The van der Waals surface area contributed by atoms with Crippen molar-refractivity contribution >= 4 is 30.0 Å². The van der Waals surface area contributed by atoms with Crippen LogP contribution in [0, 0.1) is 0 Å². The fraction of sp³-hybridized carbons (Fsp3) is 0.